The summed E-state index contributed by atoms with van der Waals surface area (Å²) in [5, 5.41) is 8.07. The normalized spacial score (nSPS) is 12.9. The van der Waals surface area contributed by atoms with Gasteiger partial charge in [-0.05, 0) is 0 Å². The third-order valence-corrected chi connectivity index (χ3v) is 1.34. The molecule has 0 heterocycles. The van der Waals surface area contributed by atoms with E-state index >= 15 is 0 Å². The fourth-order valence-electron chi connectivity index (χ4n) is 0.0563. The van der Waals surface area contributed by atoms with E-state index in [1.54, 1.807) is 0 Å². The lowest BCUT2D eigenvalue weighted by molar-refractivity contribution is 0.470. The van der Waals surface area contributed by atoms with Gasteiger partial charge in [0, 0.05) is 0 Å². The van der Waals surface area contributed by atoms with Crippen molar-refractivity contribution in [2.75, 3.05) is 0 Å². The standard InChI is InChI=1S/C3H3Cl3O/c4-2(1-7)3(5)6/h1,3,7H/b2-1+. The molecule has 0 rings (SSSR count). The van der Waals surface area contributed by atoms with E-state index in [1.807, 2.05) is 0 Å². The fourth-order valence-corrected chi connectivity index (χ4v) is 0.169. The van der Waals surface area contributed by atoms with E-state index in [1.165, 1.54) is 0 Å². The zero-order valence-corrected chi connectivity index (χ0v) is 5.50. The molecule has 0 saturated carbocycles. The molecule has 0 spiro atoms. The molecule has 0 aromatic carbocycles. The van der Waals surface area contributed by atoms with Crippen molar-refractivity contribution in [1.82, 2.24) is 0 Å². The number of allylic oxidation sites excluding steroid dienone is 1. The predicted octanol–water partition coefficient (Wildman–Crippen LogP) is 2.43. The number of aliphatic hydroxyl groups excluding tert-OH is 1. The van der Waals surface area contributed by atoms with Crippen molar-refractivity contribution in [1.29, 1.82) is 0 Å². The average Bonchev–Trinajstić information content (AvgIpc) is 1.65. The summed E-state index contributed by atoms with van der Waals surface area (Å²) in [6.45, 7) is 0. The number of hydrogen-bond acceptors (Lipinski definition) is 1. The Balaban J connectivity index is 3.56. The van der Waals surface area contributed by atoms with Crippen LogP contribution in [0.5, 0.6) is 0 Å². The van der Waals surface area contributed by atoms with Crippen molar-refractivity contribution in [3.8, 4) is 0 Å². The van der Waals surface area contributed by atoms with Gasteiger partial charge < -0.3 is 5.11 Å². The first kappa shape index (κ1) is 7.41. The highest BCUT2D eigenvalue weighted by atomic mass is 35.5. The summed E-state index contributed by atoms with van der Waals surface area (Å²) in [7, 11) is 0. The molecule has 0 saturated heterocycles. The van der Waals surface area contributed by atoms with Crippen LogP contribution in [0.3, 0.4) is 0 Å². The minimum atomic E-state index is -0.813. The maximum atomic E-state index is 8.04. The van der Waals surface area contributed by atoms with Crippen molar-refractivity contribution in [2.24, 2.45) is 0 Å². The molecule has 0 aliphatic rings. The highest BCUT2D eigenvalue weighted by Crippen LogP contribution is 2.16. The molecule has 42 valence electrons. The minimum Gasteiger partial charge on any atom is -0.514 e. The second kappa shape index (κ2) is 3.42. The number of rotatable bonds is 1. The van der Waals surface area contributed by atoms with Gasteiger partial charge in [0.25, 0.3) is 0 Å². The van der Waals surface area contributed by atoms with E-state index in [0.29, 0.717) is 6.26 Å². The topological polar surface area (TPSA) is 20.2 Å². The zero-order valence-electron chi connectivity index (χ0n) is 3.24. The van der Waals surface area contributed by atoms with Gasteiger partial charge in [-0.3, -0.25) is 0 Å². The molecule has 0 aromatic heterocycles. The van der Waals surface area contributed by atoms with Crippen LogP contribution >= 0.6 is 34.8 Å². The van der Waals surface area contributed by atoms with E-state index in [4.69, 9.17) is 39.9 Å². The summed E-state index contributed by atoms with van der Waals surface area (Å²) in [6, 6.07) is 0. The van der Waals surface area contributed by atoms with Gasteiger partial charge >= 0.3 is 0 Å². The Morgan fingerprint density at radius 3 is 2.00 bits per heavy atom. The predicted molar refractivity (Wildman–Crippen MR) is 32.1 cm³/mol. The van der Waals surface area contributed by atoms with Gasteiger partial charge in [-0.2, -0.15) is 0 Å². The molecule has 0 aromatic rings. The molecule has 1 N–H and O–H groups in total. The van der Waals surface area contributed by atoms with Crippen LogP contribution in [0.25, 0.3) is 0 Å². The lowest BCUT2D eigenvalue weighted by atomic mass is 10.7. The van der Waals surface area contributed by atoms with Gasteiger partial charge in [0.1, 0.15) is 4.84 Å². The Morgan fingerprint density at radius 1 is 1.57 bits per heavy atom. The Morgan fingerprint density at radius 2 is 2.00 bits per heavy atom. The van der Waals surface area contributed by atoms with Gasteiger partial charge in [-0.15, -0.1) is 0 Å². The summed E-state index contributed by atoms with van der Waals surface area (Å²) < 4.78 is 0. The van der Waals surface area contributed by atoms with E-state index < -0.39 is 4.84 Å². The minimum absolute atomic E-state index is 0.0309. The van der Waals surface area contributed by atoms with Crippen LogP contribution in [0.1, 0.15) is 0 Å². The summed E-state index contributed by atoms with van der Waals surface area (Å²) in [5.74, 6) is 0. The number of aliphatic hydroxyl groups is 1. The second-order valence-electron chi connectivity index (χ2n) is 0.815. The van der Waals surface area contributed by atoms with Crippen molar-refractivity contribution in [3.05, 3.63) is 11.3 Å². The maximum absolute atomic E-state index is 8.04. The summed E-state index contributed by atoms with van der Waals surface area (Å²) >= 11 is 15.4. The molecule has 7 heavy (non-hydrogen) atoms. The van der Waals surface area contributed by atoms with Gasteiger partial charge in [0.05, 0.1) is 11.3 Å². The van der Waals surface area contributed by atoms with Gasteiger partial charge in [0.15, 0.2) is 0 Å². The molecular formula is C3H3Cl3O. The van der Waals surface area contributed by atoms with Crippen molar-refractivity contribution < 1.29 is 5.11 Å². The summed E-state index contributed by atoms with van der Waals surface area (Å²) in [5.41, 5.74) is 0. The van der Waals surface area contributed by atoms with E-state index in [9.17, 15) is 0 Å². The fraction of sp³-hybridized carbons (Fsp3) is 0.333. The van der Waals surface area contributed by atoms with E-state index in [2.05, 4.69) is 0 Å². The Hall–Kier alpha value is 0.410. The van der Waals surface area contributed by atoms with Crippen molar-refractivity contribution in [3.63, 3.8) is 0 Å². The average molecular weight is 161 g/mol. The van der Waals surface area contributed by atoms with Crippen LogP contribution in [0.2, 0.25) is 0 Å². The molecule has 1 nitrogen and oxygen atoms in total. The zero-order chi connectivity index (χ0) is 5.86. The molecule has 0 fully saturated rings. The Kier molecular flexibility index (Phi) is 3.62. The SMILES string of the molecule is O/C=C(/Cl)C(Cl)Cl. The Labute approximate surface area is 56.5 Å². The quantitative estimate of drug-likeness (QED) is 0.463. The first-order valence-corrected chi connectivity index (χ1v) is 2.71. The van der Waals surface area contributed by atoms with Crippen molar-refractivity contribution >= 4 is 34.8 Å². The van der Waals surface area contributed by atoms with Crippen LogP contribution in [-0.2, 0) is 0 Å². The van der Waals surface area contributed by atoms with Gasteiger partial charge in [-0.1, -0.05) is 34.8 Å². The molecule has 0 unspecified atom stereocenters. The number of halogens is 3. The first-order valence-electron chi connectivity index (χ1n) is 1.46. The van der Waals surface area contributed by atoms with E-state index in [-0.39, 0.29) is 5.03 Å². The number of alkyl halides is 2. The lowest BCUT2D eigenvalue weighted by Gasteiger charge is -1.91. The molecular weight excluding hydrogens is 158 g/mol. The lowest BCUT2D eigenvalue weighted by Crippen LogP contribution is -1.83. The molecule has 0 bridgehead atoms. The third-order valence-electron chi connectivity index (χ3n) is 0.332. The maximum Gasteiger partial charge on any atom is 0.146 e. The largest absolute Gasteiger partial charge is 0.514 e. The molecule has 0 aliphatic heterocycles. The second-order valence-corrected chi connectivity index (χ2v) is 2.35. The van der Waals surface area contributed by atoms with Crippen LogP contribution in [0, 0.1) is 0 Å². The number of hydrogen-bond donors (Lipinski definition) is 1. The summed E-state index contributed by atoms with van der Waals surface area (Å²) in [4.78, 5) is -0.813. The molecule has 0 atom stereocenters. The van der Waals surface area contributed by atoms with Crippen LogP contribution in [0.4, 0.5) is 0 Å². The van der Waals surface area contributed by atoms with E-state index in [0.717, 1.165) is 0 Å². The highest BCUT2D eigenvalue weighted by Gasteiger charge is 2.00. The first-order chi connectivity index (χ1) is 3.18. The molecule has 4 heteroatoms. The van der Waals surface area contributed by atoms with Gasteiger partial charge in [-0.25, -0.2) is 0 Å². The van der Waals surface area contributed by atoms with Gasteiger partial charge in [0.2, 0.25) is 0 Å². The molecule has 0 amide bonds. The van der Waals surface area contributed by atoms with Crippen LogP contribution in [-0.4, -0.2) is 9.94 Å². The van der Waals surface area contributed by atoms with Crippen LogP contribution in [0.15, 0.2) is 11.3 Å². The molecule has 0 radical (unpaired) electrons. The Bertz CT molecular complexity index is 78.2. The molecule has 0 aliphatic carbocycles. The van der Waals surface area contributed by atoms with Crippen LogP contribution < -0.4 is 0 Å². The summed E-state index contributed by atoms with van der Waals surface area (Å²) in [6.07, 6.45) is 0.659. The van der Waals surface area contributed by atoms with Crippen molar-refractivity contribution in [2.45, 2.75) is 4.84 Å². The highest BCUT2D eigenvalue weighted by molar-refractivity contribution is 6.52. The monoisotopic (exact) mass is 160 g/mol. The smallest absolute Gasteiger partial charge is 0.146 e. The third kappa shape index (κ3) is 3.03.